The Hall–Kier alpha value is -5.92. The Morgan fingerprint density at radius 2 is 1.19 bits per heavy atom. The third-order valence-corrected chi connectivity index (χ3v) is 5.62. The van der Waals surface area contributed by atoms with Crippen LogP contribution in [0, 0.1) is 0 Å². The number of carbonyl (C=O) groups is 6. The SMILES string of the molecule is COc1cccc(C(=O)O[C@@H](C(=O)O)[C@@H](OC(=O)c2cccc(OC)c2)C(=O)NNC(=O)c2ccc(NC(C)=O)cc2)c1. The molecule has 0 aliphatic carbocycles. The van der Waals surface area contributed by atoms with Gasteiger partial charge in [0.05, 0.1) is 25.3 Å². The lowest BCUT2D eigenvalue weighted by atomic mass is 10.1. The van der Waals surface area contributed by atoms with E-state index >= 15 is 0 Å². The number of hydrogen-bond acceptors (Lipinski definition) is 10. The number of hydrogen-bond donors (Lipinski definition) is 4. The predicted molar refractivity (Wildman–Crippen MR) is 148 cm³/mol. The van der Waals surface area contributed by atoms with Gasteiger partial charge in [-0.25, -0.2) is 14.4 Å². The molecule has 3 amide bonds. The van der Waals surface area contributed by atoms with Crippen molar-refractivity contribution >= 4 is 41.3 Å². The van der Waals surface area contributed by atoms with E-state index in [1.165, 1.54) is 93.9 Å². The van der Waals surface area contributed by atoms with Gasteiger partial charge in [-0.15, -0.1) is 0 Å². The topological polar surface area (TPSA) is 196 Å². The van der Waals surface area contributed by atoms with E-state index in [0.29, 0.717) is 5.69 Å². The molecule has 0 spiro atoms. The fourth-order valence-electron chi connectivity index (χ4n) is 3.53. The molecule has 14 nitrogen and oxygen atoms in total. The highest BCUT2D eigenvalue weighted by atomic mass is 16.6. The molecule has 0 aliphatic rings. The second kappa shape index (κ2) is 14.6. The van der Waals surface area contributed by atoms with E-state index in [1.807, 2.05) is 5.43 Å². The second-order valence-electron chi connectivity index (χ2n) is 8.66. The number of aliphatic carboxylic acids is 1. The number of benzene rings is 3. The maximum absolute atomic E-state index is 13.2. The molecule has 0 aromatic heterocycles. The summed E-state index contributed by atoms with van der Waals surface area (Å²) in [5.41, 5.74) is 4.32. The van der Waals surface area contributed by atoms with Gasteiger partial charge in [-0.1, -0.05) is 12.1 Å². The van der Waals surface area contributed by atoms with Crippen molar-refractivity contribution in [2.24, 2.45) is 0 Å². The molecule has 3 rings (SSSR count). The van der Waals surface area contributed by atoms with Crippen LogP contribution in [-0.4, -0.2) is 67.2 Å². The number of anilines is 1. The van der Waals surface area contributed by atoms with Crippen LogP contribution in [-0.2, 0) is 23.9 Å². The fraction of sp³-hybridized carbons (Fsp3) is 0.172. The van der Waals surface area contributed by atoms with Crippen molar-refractivity contribution in [3.63, 3.8) is 0 Å². The summed E-state index contributed by atoms with van der Waals surface area (Å²) in [6.45, 7) is 1.31. The molecule has 0 radical (unpaired) electrons. The van der Waals surface area contributed by atoms with E-state index in [9.17, 15) is 33.9 Å². The van der Waals surface area contributed by atoms with E-state index in [-0.39, 0.29) is 34.1 Å². The van der Waals surface area contributed by atoms with Gasteiger partial charge < -0.3 is 29.4 Å². The second-order valence-corrected chi connectivity index (χ2v) is 8.66. The number of rotatable bonds is 11. The van der Waals surface area contributed by atoms with Crippen LogP contribution in [0.25, 0.3) is 0 Å². The Bertz CT molecular complexity index is 1520. The normalized spacial score (nSPS) is 11.6. The quantitative estimate of drug-likeness (QED) is 0.187. The predicted octanol–water partition coefficient (Wildman–Crippen LogP) is 1.96. The average Bonchev–Trinajstić information content (AvgIpc) is 3.01. The first-order chi connectivity index (χ1) is 20.5. The molecular weight excluding hydrogens is 566 g/mol. The van der Waals surface area contributed by atoms with Gasteiger partial charge in [-0.2, -0.15) is 0 Å². The Morgan fingerprint density at radius 1 is 0.674 bits per heavy atom. The largest absolute Gasteiger partial charge is 0.497 e. The lowest BCUT2D eigenvalue weighted by molar-refractivity contribution is -0.159. The summed E-state index contributed by atoms with van der Waals surface area (Å²) in [7, 11) is 2.71. The summed E-state index contributed by atoms with van der Waals surface area (Å²) in [5.74, 6) is -6.08. The van der Waals surface area contributed by atoms with E-state index in [0.717, 1.165) is 0 Å². The number of methoxy groups -OCH3 is 2. The van der Waals surface area contributed by atoms with Crippen LogP contribution in [0.4, 0.5) is 5.69 Å². The molecule has 43 heavy (non-hydrogen) atoms. The first-order valence-electron chi connectivity index (χ1n) is 12.4. The van der Waals surface area contributed by atoms with Gasteiger partial charge in [0.25, 0.3) is 11.8 Å². The molecular formula is C29H27N3O11. The molecule has 3 aromatic rings. The molecule has 4 N–H and O–H groups in total. The number of amides is 3. The van der Waals surface area contributed by atoms with Gasteiger partial charge >= 0.3 is 17.9 Å². The van der Waals surface area contributed by atoms with Crippen LogP contribution >= 0.6 is 0 Å². The minimum Gasteiger partial charge on any atom is -0.497 e. The first-order valence-corrected chi connectivity index (χ1v) is 12.4. The summed E-state index contributed by atoms with van der Waals surface area (Å²) in [5, 5.41) is 12.4. The maximum Gasteiger partial charge on any atom is 0.349 e. The molecule has 0 unspecified atom stereocenters. The monoisotopic (exact) mass is 593 g/mol. The van der Waals surface area contributed by atoms with Crippen LogP contribution in [0.15, 0.2) is 72.8 Å². The van der Waals surface area contributed by atoms with Crippen molar-refractivity contribution in [1.29, 1.82) is 0 Å². The third kappa shape index (κ3) is 8.78. The molecule has 0 saturated carbocycles. The number of carboxylic acids is 1. The molecule has 3 aromatic carbocycles. The number of hydrazine groups is 1. The zero-order valence-corrected chi connectivity index (χ0v) is 23.1. The van der Waals surface area contributed by atoms with E-state index in [1.54, 1.807) is 0 Å². The van der Waals surface area contributed by atoms with E-state index < -0.39 is 41.9 Å². The zero-order chi connectivity index (χ0) is 31.5. The van der Waals surface area contributed by atoms with Gasteiger partial charge in [-0.05, 0) is 60.7 Å². The zero-order valence-electron chi connectivity index (χ0n) is 23.1. The van der Waals surface area contributed by atoms with Crippen molar-refractivity contribution in [3.8, 4) is 11.5 Å². The number of ether oxygens (including phenoxy) is 4. The standard InChI is InChI=1S/C29H27N3O11/c1-16(33)30-20-12-10-17(11-13-20)25(34)31-32-26(35)23(42-28(38)18-6-4-8-21(14-18)40-2)24(27(36)37)43-29(39)19-7-5-9-22(15-19)41-3/h4-15,23-24H,1-3H3,(H,30,33)(H,31,34)(H,32,35)(H,36,37)/t23-,24-/m1/s1. The lowest BCUT2D eigenvalue weighted by Crippen LogP contribution is -2.54. The molecule has 14 heteroatoms. The van der Waals surface area contributed by atoms with E-state index in [2.05, 4.69) is 10.7 Å². The Morgan fingerprint density at radius 3 is 1.65 bits per heavy atom. The van der Waals surface area contributed by atoms with Crippen molar-refractivity contribution in [3.05, 3.63) is 89.5 Å². The highest BCUT2D eigenvalue weighted by molar-refractivity contribution is 5.99. The van der Waals surface area contributed by atoms with Gasteiger partial charge in [0, 0.05) is 18.2 Å². The number of carbonyl (C=O) groups excluding carboxylic acids is 5. The number of nitrogens with one attached hydrogen (secondary N) is 3. The smallest absolute Gasteiger partial charge is 0.349 e. The highest BCUT2D eigenvalue weighted by Crippen LogP contribution is 2.18. The van der Waals surface area contributed by atoms with Gasteiger partial charge in [0.1, 0.15) is 11.5 Å². The molecule has 0 fully saturated rings. The lowest BCUT2D eigenvalue weighted by Gasteiger charge is -2.23. The number of esters is 2. The summed E-state index contributed by atoms with van der Waals surface area (Å²) in [6, 6.07) is 16.8. The summed E-state index contributed by atoms with van der Waals surface area (Å²) in [6.07, 6.45) is -4.62. The van der Waals surface area contributed by atoms with Crippen LogP contribution < -0.4 is 25.6 Å². The number of carboxylic acid groups (broad SMARTS) is 1. The van der Waals surface area contributed by atoms with Crippen molar-refractivity contribution < 1.29 is 52.8 Å². The Labute approximate surface area is 244 Å². The molecule has 0 heterocycles. The Kier molecular flexibility index (Phi) is 10.8. The minimum atomic E-state index is -2.35. The van der Waals surface area contributed by atoms with Gasteiger partial charge in [0.2, 0.25) is 18.1 Å². The summed E-state index contributed by atoms with van der Waals surface area (Å²) < 4.78 is 20.4. The first kappa shape index (κ1) is 31.6. The van der Waals surface area contributed by atoms with Crippen LogP contribution in [0.1, 0.15) is 38.0 Å². The van der Waals surface area contributed by atoms with Crippen LogP contribution in [0.5, 0.6) is 11.5 Å². The molecule has 0 aliphatic heterocycles. The summed E-state index contributed by atoms with van der Waals surface area (Å²) in [4.78, 5) is 74.9. The van der Waals surface area contributed by atoms with Crippen molar-refractivity contribution in [1.82, 2.24) is 10.9 Å². The minimum absolute atomic E-state index is 0.0542. The fourth-order valence-corrected chi connectivity index (χ4v) is 3.53. The Balaban J connectivity index is 1.84. The highest BCUT2D eigenvalue weighted by Gasteiger charge is 2.41. The van der Waals surface area contributed by atoms with Crippen molar-refractivity contribution in [2.75, 3.05) is 19.5 Å². The summed E-state index contributed by atoms with van der Waals surface area (Å²) >= 11 is 0. The average molecular weight is 594 g/mol. The van der Waals surface area contributed by atoms with Crippen LogP contribution in [0.3, 0.4) is 0 Å². The van der Waals surface area contributed by atoms with E-state index in [4.69, 9.17) is 18.9 Å². The van der Waals surface area contributed by atoms with Crippen LogP contribution in [0.2, 0.25) is 0 Å². The molecule has 224 valence electrons. The third-order valence-electron chi connectivity index (χ3n) is 5.62. The molecule has 0 saturated heterocycles. The van der Waals surface area contributed by atoms with Gasteiger partial charge in [-0.3, -0.25) is 25.2 Å². The molecule has 2 atom stereocenters. The van der Waals surface area contributed by atoms with Gasteiger partial charge in [0.15, 0.2) is 0 Å². The van der Waals surface area contributed by atoms with Crippen molar-refractivity contribution in [2.45, 2.75) is 19.1 Å². The molecule has 0 bridgehead atoms. The maximum atomic E-state index is 13.2.